The van der Waals surface area contributed by atoms with E-state index in [1.165, 1.54) is 0 Å². The number of thioether (sulfide) groups is 1. The first-order valence-electron chi connectivity index (χ1n) is 8.45. The summed E-state index contributed by atoms with van der Waals surface area (Å²) >= 11 is 1.83. The summed E-state index contributed by atoms with van der Waals surface area (Å²) in [4.78, 5) is 27.1. The van der Waals surface area contributed by atoms with Gasteiger partial charge in [-0.25, -0.2) is 0 Å². The van der Waals surface area contributed by atoms with Gasteiger partial charge in [-0.3, -0.25) is 9.59 Å². The minimum Gasteiger partial charge on any atom is -0.376 e. The zero-order chi connectivity index (χ0) is 17.8. The fraction of sp³-hybridized carbons (Fsp3) is 0.300. The number of nitrogens with one attached hydrogen (secondary N) is 1. The number of hydrogen-bond acceptors (Lipinski definition) is 4. The Bertz CT molecular complexity index is 774. The van der Waals surface area contributed by atoms with Crippen molar-refractivity contribution in [1.29, 1.82) is 0 Å². The number of carbonyl (C=O) groups is 2. The predicted molar refractivity (Wildman–Crippen MR) is 104 cm³/mol. The van der Waals surface area contributed by atoms with E-state index in [9.17, 15) is 9.59 Å². The average Bonchev–Trinajstić information content (AvgIpc) is 2.78. The molecule has 0 bridgehead atoms. The number of benzene rings is 2. The van der Waals surface area contributed by atoms with Crippen molar-refractivity contribution in [3.8, 4) is 0 Å². The maximum absolute atomic E-state index is 12.8. The molecule has 25 heavy (non-hydrogen) atoms. The molecular formula is C20H22N2O2S. The van der Waals surface area contributed by atoms with Crippen molar-refractivity contribution in [3.63, 3.8) is 0 Å². The van der Waals surface area contributed by atoms with E-state index in [-0.39, 0.29) is 18.2 Å². The lowest BCUT2D eigenvalue weighted by atomic mass is 10.1. The van der Waals surface area contributed by atoms with Crippen LogP contribution in [0.15, 0.2) is 53.4 Å². The zero-order valence-electron chi connectivity index (χ0n) is 14.5. The first kappa shape index (κ1) is 17.5. The Labute approximate surface area is 152 Å². The largest absolute Gasteiger partial charge is 0.376 e. The SMILES string of the molecule is CC(=O)c1ccc(NCC(=O)N2CC[C@H](C)Sc3ccccc32)cc1. The lowest BCUT2D eigenvalue weighted by molar-refractivity contribution is -0.117. The van der Waals surface area contributed by atoms with Crippen LogP contribution in [0.4, 0.5) is 11.4 Å². The summed E-state index contributed by atoms with van der Waals surface area (Å²) in [6, 6.07) is 15.3. The fourth-order valence-corrected chi connectivity index (χ4v) is 3.95. The van der Waals surface area contributed by atoms with Crippen LogP contribution in [0.5, 0.6) is 0 Å². The molecule has 0 spiro atoms. The minimum absolute atomic E-state index is 0.0374. The van der Waals surface area contributed by atoms with Crippen LogP contribution in [0.1, 0.15) is 30.6 Å². The van der Waals surface area contributed by atoms with Gasteiger partial charge in [0.1, 0.15) is 0 Å². The molecular weight excluding hydrogens is 332 g/mol. The molecule has 4 nitrogen and oxygen atoms in total. The molecule has 2 aromatic rings. The number of nitrogens with zero attached hydrogens (tertiary/aromatic N) is 1. The van der Waals surface area contributed by atoms with Crippen LogP contribution in [0.3, 0.4) is 0 Å². The Morgan fingerprint density at radius 3 is 2.60 bits per heavy atom. The van der Waals surface area contributed by atoms with Crippen molar-refractivity contribution < 1.29 is 9.59 Å². The van der Waals surface area contributed by atoms with Crippen molar-refractivity contribution in [1.82, 2.24) is 0 Å². The van der Waals surface area contributed by atoms with Crippen LogP contribution in [-0.2, 0) is 4.79 Å². The number of hydrogen-bond donors (Lipinski definition) is 1. The van der Waals surface area contributed by atoms with Crippen LogP contribution in [0.25, 0.3) is 0 Å². The van der Waals surface area contributed by atoms with E-state index >= 15 is 0 Å². The first-order chi connectivity index (χ1) is 12.0. The zero-order valence-corrected chi connectivity index (χ0v) is 15.3. The summed E-state index contributed by atoms with van der Waals surface area (Å²) in [7, 11) is 0. The van der Waals surface area contributed by atoms with Gasteiger partial charge < -0.3 is 10.2 Å². The van der Waals surface area contributed by atoms with E-state index in [2.05, 4.69) is 18.3 Å². The maximum atomic E-state index is 12.8. The average molecular weight is 354 g/mol. The van der Waals surface area contributed by atoms with Crippen molar-refractivity contribution in [2.75, 3.05) is 23.3 Å². The van der Waals surface area contributed by atoms with Gasteiger partial charge >= 0.3 is 0 Å². The normalized spacial score (nSPS) is 16.7. The third-order valence-corrected chi connectivity index (χ3v) is 5.52. The summed E-state index contributed by atoms with van der Waals surface area (Å²) in [6.45, 7) is 4.70. The number of Topliss-reactive ketones (excluding diaryl/α,β-unsaturated/α-hetero) is 1. The van der Waals surface area contributed by atoms with Gasteiger partial charge in [-0.05, 0) is 49.7 Å². The Balaban J connectivity index is 1.69. The Morgan fingerprint density at radius 1 is 1.16 bits per heavy atom. The Kier molecular flexibility index (Phi) is 5.43. The lowest BCUT2D eigenvalue weighted by Crippen LogP contribution is -2.36. The summed E-state index contributed by atoms with van der Waals surface area (Å²) in [5.41, 5.74) is 2.50. The van der Waals surface area contributed by atoms with Crippen LogP contribution in [0.2, 0.25) is 0 Å². The summed E-state index contributed by atoms with van der Waals surface area (Å²) < 4.78 is 0. The van der Waals surface area contributed by atoms with Crippen molar-refractivity contribution >= 4 is 34.8 Å². The monoisotopic (exact) mass is 354 g/mol. The van der Waals surface area contributed by atoms with Crippen molar-refractivity contribution in [3.05, 3.63) is 54.1 Å². The molecule has 0 aliphatic carbocycles. The molecule has 1 amide bonds. The van der Waals surface area contributed by atoms with Gasteiger partial charge in [0, 0.05) is 27.9 Å². The Morgan fingerprint density at radius 2 is 1.88 bits per heavy atom. The van der Waals surface area contributed by atoms with E-state index in [4.69, 9.17) is 0 Å². The smallest absolute Gasteiger partial charge is 0.246 e. The predicted octanol–water partition coefficient (Wildman–Crippen LogP) is 4.22. The topological polar surface area (TPSA) is 49.4 Å². The second-order valence-electron chi connectivity index (χ2n) is 6.22. The fourth-order valence-electron chi connectivity index (χ4n) is 2.84. The van der Waals surface area contributed by atoms with Crippen LogP contribution in [-0.4, -0.2) is 30.0 Å². The number of carbonyl (C=O) groups excluding carboxylic acids is 2. The molecule has 1 atom stereocenters. The van der Waals surface area contributed by atoms with Crippen molar-refractivity contribution in [2.45, 2.75) is 30.4 Å². The van der Waals surface area contributed by atoms with Crippen molar-refractivity contribution in [2.24, 2.45) is 0 Å². The Hall–Kier alpha value is -2.27. The van der Waals surface area contributed by atoms with Gasteiger partial charge in [-0.2, -0.15) is 0 Å². The molecule has 1 aliphatic rings. The van der Waals surface area contributed by atoms with E-state index in [0.29, 0.717) is 10.8 Å². The molecule has 3 rings (SSSR count). The third kappa shape index (κ3) is 4.23. The number of rotatable bonds is 4. The summed E-state index contributed by atoms with van der Waals surface area (Å²) in [6.07, 6.45) is 0.971. The standard InChI is InChI=1S/C20H22N2O2S/c1-14-11-12-22(18-5-3-4-6-19(18)25-14)20(24)13-21-17-9-7-16(8-10-17)15(2)23/h3-10,14,21H,11-13H2,1-2H3/t14-/m0/s1. The lowest BCUT2D eigenvalue weighted by Gasteiger charge is -2.23. The van der Waals surface area contributed by atoms with Gasteiger partial charge in [-0.15, -0.1) is 11.8 Å². The highest BCUT2D eigenvalue weighted by molar-refractivity contribution is 8.00. The van der Waals surface area contributed by atoms with Gasteiger partial charge in [-0.1, -0.05) is 19.1 Å². The third-order valence-electron chi connectivity index (χ3n) is 4.28. The van der Waals surface area contributed by atoms with Gasteiger partial charge in [0.15, 0.2) is 5.78 Å². The number of anilines is 2. The minimum atomic E-state index is 0.0374. The molecule has 0 saturated heterocycles. The highest BCUT2D eigenvalue weighted by atomic mass is 32.2. The number of fused-ring (bicyclic) bond motifs is 1. The molecule has 2 aromatic carbocycles. The van der Waals surface area contributed by atoms with Crippen LogP contribution >= 0.6 is 11.8 Å². The molecule has 0 unspecified atom stereocenters. The molecule has 5 heteroatoms. The van der Waals surface area contributed by atoms with Gasteiger partial charge in [0.05, 0.1) is 12.2 Å². The van der Waals surface area contributed by atoms with Gasteiger partial charge in [0.2, 0.25) is 5.91 Å². The second-order valence-corrected chi connectivity index (χ2v) is 7.70. The molecule has 0 saturated carbocycles. The maximum Gasteiger partial charge on any atom is 0.246 e. The first-order valence-corrected chi connectivity index (χ1v) is 9.33. The highest BCUT2D eigenvalue weighted by Crippen LogP contribution is 2.37. The summed E-state index contributed by atoms with van der Waals surface area (Å²) in [5.74, 6) is 0.0909. The van der Waals surface area contributed by atoms with Crippen LogP contribution in [0, 0.1) is 0 Å². The molecule has 0 radical (unpaired) electrons. The molecule has 130 valence electrons. The molecule has 0 fully saturated rings. The van der Waals surface area contributed by atoms with E-state index in [1.54, 1.807) is 19.1 Å². The highest BCUT2D eigenvalue weighted by Gasteiger charge is 2.23. The van der Waals surface area contributed by atoms with Gasteiger partial charge in [0.25, 0.3) is 0 Å². The number of ketones is 1. The van der Waals surface area contributed by atoms with Crippen LogP contribution < -0.4 is 10.2 Å². The molecule has 0 aromatic heterocycles. The number of para-hydroxylation sites is 1. The molecule has 1 heterocycles. The van der Waals surface area contributed by atoms with E-state index < -0.39 is 0 Å². The molecule has 1 N–H and O–H groups in total. The quantitative estimate of drug-likeness (QED) is 0.835. The molecule has 1 aliphatic heterocycles. The second kappa shape index (κ2) is 7.74. The van der Waals surface area contributed by atoms with E-state index in [1.807, 2.05) is 47.0 Å². The number of amides is 1. The van der Waals surface area contributed by atoms with E-state index in [0.717, 1.165) is 29.2 Å². The summed E-state index contributed by atoms with van der Waals surface area (Å²) in [5, 5.41) is 3.65.